The molecule has 0 aliphatic heterocycles. The molecule has 0 atom stereocenters. The molecule has 1 amide bonds. The van der Waals surface area contributed by atoms with E-state index < -0.39 is 0 Å². The first-order valence-corrected chi connectivity index (χ1v) is 9.37. The zero-order valence-corrected chi connectivity index (χ0v) is 15.2. The predicted octanol–water partition coefficient (Wildman–Crippen LogP) is 2.82. The van der Waals surface area contributed by atoms with E-state index in [0.29, 0.717) is 12.3 Å². The molecule has 1 aromatic heterocycles. The number of aliphatic hydroxyl groups is 1. The number of benzene rings is 1. The van der Waals surface area contributed by atoms with Crippen LogP contribution in [0.4, 0.5) is 0 Å². The largest absolute Gasteiger partial charge is 0.484 e. The lowest BCUT2D eigenvalue weighted by Crippen LogP contribution is -2.34. The minimum absolute atomic E-state index is 0.109. The first-order chi connectivity index (χ1) is 12.1. The number of carbonyl (C=O) groups is 1. The van der Waals surface area contributed by atoms with Crippen LogP contribution in [0.5, 0.6) is 5.75 Å². The van der Waals surface area contributed by atoms with Gasteiger partial charge in [0, 0.05) is 30.0 Å². The van der Waals surface area contributed by atoms with Crippen LogP contribution in [-0.2, 0) is 6.61 Å². The molecule has 1 aromatic carbocycles. The van der Waals surface area contributed by atoms with Gasteiger partial charge in [-0.2, -0.15) is 0 Å². The van der Waals surface area contributed by atoms with Crippen molar-refractivity contribution in [3.63, 3.8) is 0 Å². The highest BCUT2D eigenvalue weighted by Crippen LogP contribution is 2.45. The van der Waals surface area contributed by atoms with Gasteiger partial charge in [-0.1, -0.05) is 17.3 Å². The van der Waals surface area contributed by atoms with Gasteiger partial charge in [0.2, 0.25) is 0 Å². The third-order valence-electron chi connectivity index (χ3n) is 4.43. The molecule has 6 nitrogen and oxygen atoms in total. The van der Waals surface area contributed by atoms with Crippen molar-refractivity contribution in [2.75, 3.05) is 26.5 Å². The second-order valence-electron chi connectivity index (χ2n) is 6.44. The van der Waals surface area contributed by atoms with Crippen molar-refractivity contribution in [2.45, 2.75) is 24.3 Å². The van der Waals surface area contributed by atoms with E-state index in [0.717, 1.165) is 23.5 Å². The monoisotopic (exact) mass is 362 g/mol. The van der Waals surface area contributed by atoms with Crippen LogP contribution in [0.25, 0.3) is 0 Å². The van der Waals surface area contributed by atoms with Gasteiger partial charge in [-0.3, -0.25) is 4.79 Å². The van der Waals surface area contributed by atoms with Crippen LogP contribution in [0, 0.1) is 5.41 Å². The quantitative estimate of drug-likeness (QED) is 0.728. The number of para-hydroxylation sites is 1. The van der Waals surface area contributed by atoms with Gasteiger partial charge in [0.05, 0.1) is 6.61 Å². The molecule has 1 heterocycles. The maximum Gasteiger partial charge on any atom is 0.275 e. The molecule has 134 valence electrons. The van der Waals surface area contributed by atoms with E-state index in [2.05, 4.69) is 5.16 Å². The molecule has 0 saturated heterocycles. The number of carbonyl (C=O) groups excluding carboxylic acids is 1. The highest BCUT2D eigenvalue weighted by molar-refractivity contribution is 7.98. The third-order valence-corrected chi connectivity index (χ3v) is 5.21. The lowest BCUT2D eigenvalue weighted by Gasteiger charge is -2.21. The Balaban J connectivity index is 1.59. The molecule has 0 spiro atoms. The first-order valence-electron chi connectivity index (χ1n) is 8.15. The highest BCUT2D eigenvalue weighted by Gasteiger charge is 2.43. The molecular formula is C18H22N2O4S. The molecule has 1 aliphatic carbocycles. The minimum atomic E-state index is -0.209. The summed E-state index contributed by atoms with van der Waals surface area (Å²) in [5.74, 6) is 1.06. The maximum absolute atomic E-state index is 12.4. The second kappa shape index (κ2) is 7.49. The molecule has 0 bridgehead atoms. The second-order valence-corrected chi connectivity index (χ2v) is 7.29. The summed E-state index contributed by atoms with van der Waals surface area (Å²) < 4.78 is 11.0. The number of nitrogens with zero attached hydrogens (tertiary/aromatic N) is 2. The van der Waals surface area contributed by atoms with Gasteiger partial charge in [0.15, 0.2) is 11.5 Å². The Morgan fingerprint density at radius 2 is 2.20 bits per heavy atom. The highest BCUT2D eigenvalue weighted by atomic mass is 32.2. The third kappa shape index (κ3) is 4.16. The van der Waals surface area contributed by atoms with Gasteiger partial charge in [-0.05, 0) is 31.2 Å². The summed E-state index contributed by atoms with van der Waals surface area (Å²) in [5, 5.41) is 13.2. The summed E-state index contributed by atoms with van der Waals surface area (Å²) in [6.45, 7) is 0.849. The molecule has 25 heavy (non-hydrogen) atoms. The molecular weight excluding hydrogens is 340 g/mol. The van der Waals surface area contributed by atoms with Crippen LogP contribution >= 0.6 is 11.8 Å². The van der Waals surface area contributed by atoms with E-state index in [1.54, 1.807) is 29.8 Å². The van der Waals surface area contributed by atoms with Crippen molar-refractivity contribution >= 4 is 17.7 Å². The lowest BCUT2D eigenvalue weighted by molar-refractivity contribution is 0.0723. The van der Waals surface area contributed by atoms with Crippen LogP contribution in [0.3, 0.4) is 0 Å². The fourth-order valence-electron chi connectivity index (χ4n) is 2.68. The number of ether oxygens (including phenoxy) is 1. The SMILES string of the molecule is CSc1ccccc1OCc1cc(C(=O)N(C)CC2(CO)CC2)no1. The number of aliphatic hydroxyl groups excluding tert-OH is 1. The number of hydrogen-bond acceptors (Lipinski definition) is 6. The van der Waals surface area contributed by atoms with Gasteiger partial charge >= 0.3 is 0 Å². The zero-order valence-electron chi connectivity index (χ0n) is 14.4. The van der Waals surface area contributed by atoms with E-state index in [9.17, 15) is 9.90 Å². The van der Waals surface area contributed by atoms with Gasteiger partial charge in [0.25, 0.3) is 5.91 Å². The predicted molar refractivity (Wildman–Crippen MR) is 94.8 cm³/mol. The molecule has 2 aromatic rings. The standard InChI is InChI=1S/C18H22N2O4S/c1-20(11-18(12-21)7-8-18)17(22)14-9-13(24-19-14)10-23-15-5-3-4-6-16(15)25-2/h3-6,9,21H,7-8,10-12H2,1-2H3. The molecule has 1 fully saturated rings. The molecule has 1 aliphatic rings. The molecule has 0 unspecified atom stereocenters. The molecule has 1 saturated carbocycles. The Morgan fingerprint density at radius 1 is 1.44 bits per heavy atom. The summed E-state index contributed by atoms with van der Waals surface area (Å²) in [4.78, 5) is 15.1. The van der Waals surface area contributed by atoms with Gasteiger partial charge in [-0.25, -0.2) is 0 Å². The smallest absolute Gasteiger partial charge is 0.275 e. The van der Waals surface area contributed by atoms with E-state index >= 15 is 0 Å². The maximum atomic E-state index is 12.4. The van der Waals surface area contributed by atoms with E-state index in [4.69, 9.17) is 9.26 Å². The Labute approximate surface area is 151 Å². The van der Waals surface area contributed by atoms with Crippen LogP contribution < -0.4 is 4.74 Å². The number of hydrogen-bond donors (Lipinski definition) is 1. The summed E-state index contributed by atoms with van der Waals surface area (Å²) in [6.07, 6.45) is 3.89. The molecule has 3 rings (SSSR count). The number of rotatable bonds is 8. The van der Waals surface area contributed by atoms with Crippen molar-refractivity contribution < 1.29 is 19.2 Å². The Morgan fingerprint density at radius 3 is 2.88 bits per heavy atom. The van der Waals surface area contributed by atoms with Gasteiger partial charge < -0.3 is 19.3 Å². The first kappa shape index (κ1) is 17.8. The summed E-state index contributed by atoms with van der Waals surface area (Å²) in [6, 6.07) is 9.36. The Hall–Kier alpha value is -1.99. The summed E-state index contributed by atoms with van der Waals surface area (Å²) >= 11 is 1.61. The fraction of sp³-hybridized carbons (Fsp3) is 0.444. The molecule has 0 radical (unpaired) electrons. The van der Waals surface area contributed by atoms with Crippen molar-refractivity contribution in [1.82, 2.24) is 10.1 Å². The number of amides is 1. The minimum Gasteiger partial charge on any atom is -0.484 e. The van der Waals surface area contributed by atoms with E-state index in [1.165, 1.54) is 0 Å². The normalized spacial score (nSPS) is 15.0. The molecule has 7 heteroatoms. The average Bonchev–Trinajstić information content (AvgIpc) is 3.25. The summed E-state index contributed by atoms with van der Waals surface area (Å²) in [7, 11) is 1.72. The van der Waals surface area contributed by atoms with Gasteiger partial charge in [0.1, 0.15) is 12.4 Å². The fourth-order valence-corrected chi connectivity index (χ4v) is 3.22. The number of aromatic nitrogens is 1. The van der Waals surface area contributed by atoms with E-state index in [-0.39, 0.29) is 30.2 Å². The molecule has 1 N–H and O–H groups in total. The topological polar surface area (TPSA) is 75.8 Å². The van der Waals surface area contributed by atoms with Crippen LogP contribution in [0.2, 0.25) is 0 Å². The van der Waals surface area contributed by atoms with Crippen molar-refractivity contribution in [3.8, 4) is 5.75 Å². The van der Waals surface area contributed by atoms with Crippen LogP contribution in [-0.4, -0.2) is 47.5 Å². The lowest BCUT2D eigenvalue weighted by atomic mass is 10.1. The van der Waals surface area contributed by atoms with Crippen molar-refractivity contribution in [1.29, 1.82) is 0 Å². The van der Waals surface area contributed by atoms with Crippen LogP contribution in [0.1, 0.15) is 29.1 Å². The Kier molecular flexibility index (Phi) is 5.34. The van der Waals surface area contributed by atoms with E-state index in [1.807, 2.05) is 30.5 Å². The van der Waals surface area contributed by atoms with Gasteiger partial charge in [-0.15, -0.1) is 11.8 Å². The van der Waals surface area contributed by atoms with Crippen LogP contribution in [0.15, 0.2) is 39.8 Å². The average molecular weight is 362 g/mol. The number of thioether (sulfide) groups is 1. The Bertz CT molecular complexity index is 742. The van der Waals surface area contributed by atoms with Crippen molar-refractivity contribution in [3.05, 3.63) is 41.8 Å². The van der Waals surface area contributed by atoms with Crippen molar-refractivity contribution in [2.24, 2.45) is 5.41 Å². The summed E-state index contributed by atoms with van der Waals surface area (Å²) in [5.41, 5.74) is 0.134. The zero-order chi connectivity index (χ0) is 17.9.